The van der Waals surface area contributed by atoms with Gasteiger partial charge in [0.2, 0.25) is 15.9 Å². The summed E-state index contributed by atoms with van der Waals surface area (Å²) in [5, 5.41) is 0.267. The lowest BCUT2D eigenvalue weighted by Gasteiger charge is -2.21. The summed E-state index contributed by atoms with van der Waals surface area (Å²) in [7, 11) is -3.89. The van der Waals surface area contributed by atoms with Crippen molar-refractivity contribution in [3.05, 3.63) is 23.2 Å². The highest BCUT2D eigenvalue weighted by atomic mass is 35.5. The third-order valence-corrected chi connectivity index (χ3v) is 5.22. The van der Waals surface area contributed by atoms with Crippen LogP contribution in [0.3, 0.4) is 0 Å². The molecule has 0 saturated carbocycles. The Bertz CT molecular complexity index is 642. The zero-order chi connectivity index (χ0) is 15.6. The Labute approximate surface area is 129 Å². The molecule has 2 rings (SSSR count). The number of sulfonamides is 1. The first kappa shape index (κ1) is 16.1. The van der Waals surface area contributed by atoms with Crippen LogP contribution in [0.1, 0.15) is 19.8 Å². The van der Waals surface area contributed by atoms with Gasteiger partial charge in [-0.05, 0) is 38.0 Å². The number of nitrogens with one attached hydrogen (secondary N) is 1. The van der Waals surface area contributed by atoms with E-state index in [9.17, 15) is 13.2 Å². The lowest BCUT2D eigenvalue weighted by molar-refractivity contribution is -0.131. The second-order valence-corrected chi connectivity index (χ2v) is 7.18. The number of halogens is 1. The minimum Gasteiger partial charge on any atom is -0.398 e. The van der Waals surface area contributed by atoms with Gasteiger partial charge < -0.3 is 10.6 Å². The van der Waals surface area contributed by atoms with Crippen LogP contribution in [0.15, 0.2) is 23.1 Å². The maximum absolute atomic E-state index is 12.3. The van der Waals surface area contributed by atoms with Crippen LogP contribution in [0, 0.1) is 0 Å². The molecule has 1 heterocycles. The molecule has 1 saturated heterocycles. The highest BCUT2D eigenvalue weighted by Gasteiger charge is 2.28. The van der Waals surface area contributed by atoms with Crippen molar-refractivity contribution in [1.29, 1.82) is 0 Å². The van der Waals surface area contributed by atoms with Gasteiger partial charge in [-0.25, -0.2) is 8.42 Å². The number of likely N-dealkylation sites (tertiary alicyclic amines) is 1. The zero-order valence-electron chi connectivity index (χ0n) is 11.7. The predicted molar refractivity (Wildman–Crippen MR) is 81.5 cm³/mol. The molecule has 21 heavy (non-hydrogen) atoms. The Morgan fingerprint density at radius 2 is 2.00 bits per heavy atom. The molecule has 8 heteroatoms. The van der Waals surface area contributed by atoms with Gasteiger partial charge >= 0.3 is 0 Å². The molecule has 0 radical (unpaired) electrons. The van der Waals surface area contributed by atoms with E-state index in [0.29, 0.717) is 13.1 Å². The number of amides is 1. The molecular formula is C13H18ClN3O3S. The highest BCUT2D eigenvalue weighted by Crippen LogP contribution is 2.23. The van der Waals surface area contributed by atoms with E-state index in [1.54, 1.807) is 4.90 Å². The van der Waals surface area contributed by atoms with Gasteiger partial charge in [0, 0.05) is 18.1 Å². The molecule has 1 aromatic carbocycles. The summed E-state index contributed by atoms with van der Waals surface area (Å²) in [6.07, 6.45) is 1.90. The van der Waals surface area contributed by atoms with Crippen LogP contribution in [0.25, 0.3) is 0 Å². The number of carbonyl (C=O) groups excluding carboxylic acids is 1. The number of rotatable bonds is 4. The molecule has 1 unspecified atom stereocenters. The maximum Gasteiger partial charge on any atom is 0.243 e. The Morgan fingerprint density at radius 1 is 1.38 bits per heavy atom. The van der Waals surface area contributed by atoms with Crippen molar-refractivity contribution in [3.8, 4) is 0 Å². The van der Waals surface area contributed by atoms with E-state index < -0.39 is 16.1 Å². The molecule has 3 N–H and O–H groups in total. The summed E-state index contributed by atoms with van der Waals surface area (Å²) in [6, 6.07) is 3.36. The number of hydrogen-bond donors (Lipinski definition) is 2. The molecular weight excluding hydrogens is 314 g/mol. The monoisotopic (exact) mass is 331 g/mol. The smallest absolute Gasteiger partial charge is 0.243 e. The molecule has 1 aliphatic rings. The Kier molecular flexibility index (Phi) is 4.75. The molecule has 6 nitrogen and oxygen atoms in total. The van der Waals surface area contributed by atoms with E-state index in [0.717, 1.165) is 12.8 Å². The van der Waals surface area contributed by atoms with Gasteiger partial charge in [0.15, 0.2) is 0 Å². The molecule has 0 bridgehead atoms. The molecule has 0 aromatic heterocycles. The van der Waals surface area contributed by atoms with Crippen molar-refractivity contribution in [2.45, 2.75) is 30.7 Å². The molecule has 0 spiro atoms. The molecule has 1 aromatic rings. The fourth-order valence-electron chi connectivity index (χ4n) is 2.30. The Morgan fingerprint density at radius 3 is 2.62 bits per heavy atom. The van der Waals surface area contributed by atoms with Crippen molar-refractivity contribution in [2.24, 2.45) is 0 Å². The molecule has 0 aliphatic carbocycles. The van der Waals surface area contributed by atoms with E-state index in [4.69, 9.17) is 17.3 Å². The fourth-order valence-corrected chi connectivity index (χ4v) is 3.89. The molecule has 1 atom stereocenters. The van der Waals surface area contributed by atoms with Crippen LogP contribution in [0.2, 0.25) is 5.02 Å². The van der Waals surface area contributed by atoms with E-state index in [2.05, 4.69) is 4.72 Å². The van der Waals surface area contributed by atoms with Crippen molar-refractivity contribution in [3.63, 3.8) is 0 Å². The average Bonchev–Trinajstić information content (AvgIpc) is 2.94. The van der Waals surface area contributed by atoms with Crippen molar-refractivity contribution >= 4 is 33.2 Å². The van der Waals surface area contributed by atoms with Gasteiger partial charge in [-0.1, -0.05) is 11.6 Å². The maximum atomic E-state index is 12.3. The van der Waals surface area contributed by atoms with E-state index >= 15 is 0 Å². The average molecular weight is 332 g/mol. The van der Waals surface area contributed by atoms with Crippen LogP contribution < -0.4 is 10.5 Å². The van der Waals surface area contributed by atoms with Gasteiger partial charge in [0.05, 0.1) is 11.7 Å². The van der Waals surface area contributed by atoms with Gasteiger partial charge in [-0.2, -0.15) is 4.72 Å². The van der Waals surface area contributed by atoms with Crippen LogP contribution in [-0.4, -0.2) is 38.4 Å². The Balaban J connectivity index is 2.16. The summed E-state index contributed by atoms with van der Waals surface area (Å²) in [5.41, 5.74) is 5.77. The molecule has 1 aliphatic heterocycles. The number of carbonyl (C=O) groups is 1. The molecule has 1 amide bonds. The van der Waals surface area contributed by atoms with Gasteiger partial charge in [-0.15, -0.1) is 0 Å². The number of nitrogen functional groups attached to an aromatic ring is 1. The van der Waals surface area contributed by atoms with E-state index in [-0.39, 0.29) is 21.5 Å². The number of anilines is 1. The van der Waals surface area contributed by atoms with Crippen molar-refractivity contribution in [1.82, 2.24) is 9.62 Å². The normalized spacial score (nSPS) is 17.0. The van der Waals surface area contributed by atoms with Gasteiger partial charge in [0.25, 0.3) is 0 Å². The zero-order valence-corrected chi connectivity index (χ0v) is 13.2. The first-order chi connectivity index (χ1) is 9.81. The van der Waals surface area contributed by atoms with Crippen LogP contribution in [-0.2, 0) is 14.8 Å². The number of benzene rings is 1. The second kappa shape index (κ2) is 6.21. The van der Waals surface area contributed by atoms with E-state index in [1.165, 1.54) is 25.1 Å². The van der Waals surface area contributed by atoms with E-state index in [1.807, 2.05) is 0 Å². The topological polar surface area (TPSA) is 92.5 Å². The van der Waals surface area contributed by atoms with Gasteiger partial charge in [-0.3, -0.25) is 4.79 Å². The van der Waals surface area contributed by atoms with Crippen LogP contribution in [0.4, 0.5) is 5.69 Å². The largest absolute Gasteiger partial charge is 0.398 e. The Hall–Kier alpha value is -1.31. The minimum absolute atomic E-state index is 0.0905. The lowest BCUT2D eigenvalue weighted by Crippen LogP contribution is -2.45. The predicted octanol–water partition coefficient (Wildman–Crippen LogP) is 1.21. The lowest BCUT2D eigenvalue weighted by atomic mass is 10.3. The van der Waals surface area contributed by atoms with Crippen molar-refractivity contribution in [2.75, 3.05) is 18.8 Å². The first-order valence-corrected chi connectivity index (χ1v) is 8.53. The number of nitrogens with zero attached hydrogens (tertiary/aromatic N) is 1. The highest BCUT2D eigenvalue weighted by molar-refractivity contribution is 7.89. The summed E-state index contributed by atoms with van der Waals surface area (Å²) >= 11 is 5.80. The van der Waals surface area contributed by atoms with Gasteiger partial charge in [0.1, 0.15) is 4.90 Å². The first-order valence-electron chi connectivity index (χ1n) is 6.67. The molecule has 1 fully saturated rings. The SMILES string of the molecule is CC(NS(=O)(=O)c1cc(Cl)ccc1N)C(=O)N1CCCC1. The minimum atomic E-state index is -3.89. The van der Waals surface area contributed by atoms with Crippen molar-refractivity contribution < 1.29 is 13.2 Å². The second-order valence-electron chi connectivity index (χ2n) is 5.06. The summed E-state index contributed by atoms with van der Waals surface area (Å²) in [5.74, 6) is -0.225. The summed E-state index contributed by atoms with van der Waals surface area (Å²) in [4.78, 5) is 13.7. The number of nitrogens with two attached hydrogens (primary N) is 1. The summed E-state index contributed by atoms with van der Waals surface area (Å²) < 4.78 is 27.0. The quantitative estimate of drug-likeness (QED) is 0.811. The molecule has 116 valence electrons. The number of hydrogen-bond acceptors (Lipinski definition) is 4. The standard InChI is InChI=1S/C13H18ClN3O3S/c1-9(13(18)17-6-2-3-7-17)16-21(19,20)12-8-10(14)4-5-11(12)15/h4-5,8-9,16H,2-3,6-7,15H2,1H3. The fraction of sp³-hybridized carbons (Fsp3) is 0.462. The third kappa shape index (κ3) is 3.66. The van der Waals surface area contributed by atoms with Crippen LogP contribution in [0.5, 0.6) is 0 Å². The van der Waals surface area contributed by atoms with Crippen LogP contribution >= 0.6 is 11.6 Å². The third-order valence-electron chi connectivity index (χ3n) is 3.39. The summed E-state index contributed by atoms with van der Waals surface area (Å²) in [6.45, 7) is 2.87.